The first kappa shape index (κ1) is 18.6. The number of ketones is 1. The smallest absolute Gasteiger partial charge is 0.252 e. The Bertz CT molecular complexity index is 1140. The van der Waals surface area contributed by atoms with Crippen LogP contribution in [0.15, 0.2) is 72.8 Å². The zero-order valence-electron chi connectivity index (χ0n) is 16.1. The Kier molecular flexibility index (Phi) is 5.20. The van der Waals surface area contributed by atoms with Gasteiger partial charge in [0.2, 0.25) is 0 Å². The van der Waals surface area contributed by atoms with Crippen LogP contribution >= 0.6 is 0 Å². The Morgan fingerprint density at radius 3 is 2.34 bits per heavy atom. The molecule has 0 bridgehead atoms. The first-order chi connectivity index (χ1) is 14.1. The summed E-state index contributed by atoms with van der Waals surface area (Å²) in [4.78, 5) is 33.4. The van der Waals surface area contributed by atoms with Gasteiger partial charge in [-0.2, -0.15) is 0 Å². The number of carbonyl (C=O) groups is 2. The van der Waals surface area contributed by atoms with Gasteiger partial charge in [-0.1, -0.05) is 60.2 Å². The van der Waals surface area contributed by atoms with Crippen molar-refractivity contribution in [1.82, 2.24) is 15.3 Å². The van der Waals surface area contributed by atoms with Gasteiger partial charge in [0, 0.05) is 24.1 Å². The van der Waals surface area contributed by atoms with Crippen LogP contribution in [0.3, 0.4) is 0 Å². The molecule has 0 saturated heterocycles. The minimum atomic E-state index is -0.267. The van der Waals surface area contributed by atoms with Crippen LogP contribution in [0.5, 0.6) is 0 Å². The predicted molar refractivity (Wildman–Crippen MR) is 113 cm³/mol. The normalized spacial score (nSPS) is 10.8. The van der Waals surface area contributed by atoms with Gasteiger partial charge in [-0.25, -0.2) is 4.98 Å². The lowest BCUT2D eigenvalue weighted by atomic mass is 9.97. The van der Waals surface area contributed by atoms with Gasteiger partial charge < -0.3 is 10.3 Å². The average molecular weight is 383 g/mol. The molecule has 1 amide bonds. The number of nitrogens with zero attached hydrogens (tertiary/aromatic N) is 1. The predicted octanol–water partition coefficient (Wildman–Crippen LogP) is 4.07. The van der Waals surface area contributed by atoms with E-state index in [1.807, 2.05) is 43.3 Å². The van der Waals surface area contributed by atoms with Crippen LogP contribution in [0, 0.1) is 6.92 Å². The van der Waals surface area contributed by atoms with Crippen LogP contribution in [0.2, 0.25) is 0 Å². The highest BCUT2D eigenvalue weighted by atomic mass is 16.2. The summed E-state index contributed by atoms with van der Waals surface area (Å²) in [6.07, 6.45) is 0.578. The number of amides is 1. The molecule has 3 aromatic carbocycles. The summed E-state index contributed by atoms with van der Waals surface area (Å²) in [7, 11) is 0. The number of benzene rings is 3. The van der Waals surface area contributed by atoms with E-state index in [0.29, 0.717) is 29.7 Å². The molecule has 0 spiro atoms. The molecule has 29 heavy (non-hydrogen) atoms. The molecule has 4 aromatic rings. The average Bonchev–Trinajstić information content (AvgIpc) is 3.16. The topological polar surface area (TPSA) is 74.8 Å². The fourth-order valence-corrected chi connectivity index (χ4v) is 3.25. The number of carbonyl (C=O) groups excluding carboxylic acids is 2. The molecule has 0 aliphatic heterocycles. The third-order valence-electron chi connectivity index (χ3n) is 4.82. The monoisotopic (exact) mass is 383 g/mol. The van der Waals surface area contributed by atoms with Gasteiger partial charge >= 0.3 is 0 Å². The lowest BCUT2D eigenvalue weighted by Crippen LogP contribution is -2.27. The molecule has 0 aliphatic rings. The number of rotatable bonds is 6. The molecule has 0 atom stereocenters. The molecule has 144 valence electrons. The Labute approximate surface area is 168 Å². The van der Waals surface area contributed by atoms with Crippen molar-refractivity contribution < 1.29 is 9.59 Å². The van der Waals surface area contributed by atoms with Crippen LogP contribution in [0.25, 0.3) is 11.0 Å². The zero-order valence-corrected chi connectivity index (χ0v) is 16.1. The zero-order chi connectivity index (χ0) is 20.2. The van der Waals surface area contributed by atoms with Crippen molar-refractivity contribution in [2.24, 2.45) is 0 Å². The molecule has 0 fully saturated rings. The van der Waals surface area contributed by atoms with E-state index in [4.69, 9.17) is 0 Å². The second-order valence-corrected chi connectivity index (χ2v) is 6.95. The van der Waals surface area contributed by atoms with Crippen LogP contribution in [0.1, 0.15) is 37.7 Å². The van der Waals surface area contributed by atoms with Gasteiger partial charge in [-0.15, -0.1) is 0 Å². The van der Waals surface area contributed by atoms with E-state index in [9.17, 15) is 9.59 Å². The van der Waals surface area contributed by atoms with Gasteiger partial charge in [0.05, 0.1) is 16.6 Å². The summed E-state index contributed by atoms with van der Waals surface area (Å²) in [5, 5.41) is 2.90. The number of hydrogen-bond acceptors (Lipinski definition) is 3. The molecule has 2 N–H and O–H groups in total. The van der Waals surface area contributed by atoms with Gasteiger partial charge in [0.15, 0.2) is 5.78 Å². The molecular formula is C24H21N3O2. The Hall–Kier alpha value is -3.73. The van der Waals surface area contributed by atoms with Crippen molar-refractivity contribution in [2.75, 3.05) is 6.54 Å². The van der Waals surface area contributed by atoms with Crippen molar-refractivity contribution in [3.8, 4) is 0 Å². The quantitative estimate of drug-likeness (QED) is 0.493. The molecule has 1 heterocycles. The van der Waals surface area contributed by atoms with E-state index >= 15 is 0 Å². The number of aromatic amines is 1. The van der Waals surface area contributed by atoms with E-state index < -0.39 is 0 Å². The van der Waals surface area contributed by atoms with Crippen LogP contribution < -0.4 is 5.32 Å². The van der Waals surface area contributed by atoms with Gasteiger partial charge in [-0.3, -0.25) is 9.59 Å². The third kappa shape index (κ3) is 4.09. The number of imidazole rings is 1. The third-order valence-corrected chi connectivity index (χ3v) is 4.82. The summed E-state index contributed by atoms with van der Waals surface area (Å²) in [6.45, 7) is 2.39. The van der Waals surface area contributed by atoms with E-state index in [1.54, 1.807) is 36.4 Å². The molecule has 5 nitrogen and oxygen atoms in total. The van der Waals surface area contributed by atoms with Gasteiger partial charge in [-0.05, 0) is 25.1 Å². The molecular weight excluding hydrogens is 362 g/mol. The number of hydrogen-bond donors (Lipinski definition) is 2. The van der Waals surface area contributed by atoms with E-state index in [0.717, 1.165) is 22.4 Å². The molecule has 0 saturated carbocycles. The highest BCUT2D eigenvalue weighted by Crippen LogP contribution is 2.16. The largest absolute Gasteiger partial charge is 0.352 e. The summed E-state index contributed by atoms with van der Waals surface area (Å²) < 4.78 is 0. The second kappa shape index (κ2) is 8.10. The highest BCUT2D eigenvalue weighted by molar-refractivity contribution is 6.15. The SMILES string of the molecule is Cc1ccc(C(=O)c2ccccc2C(=O)NCCc2nc3ccccc3[nH]2)cc1. The molecule has 0 unspecified atom stereocenters. The number of aryl methyl sites for hydroxylation is 1. The van der Waals surface area contributed by atoms with Gasteiger partial charge in [0.25, 0.3) is 5.91 Å². The molecule has 1 aromatic heterocycles. The number of H-pyrrole nitrogens is 1. The summed E-state index contributed by atoms with van der Waals surface area (Å²) in [6, 6.07) is 22.1. The molecule has 4 rings (SSSR count). The van der Waals surface area contributed by atoms with Crippen LogP contribution in [0.4, 0.5) is 0 Å². The maximum atomic E-state index is 12.9. The lowest BCUT2D eigenvalue weighted by molar-refractivity contribution is 0.0942. The minimum Gasteiger partial charge on any atom is -0.352 e. The van der Waals surface area contributed by atoms with Crippen LogP contribution in [-0.4, -0.2) is 28.2 Å². The van der Waals surface area contributed by atoms with Crippen LogP contribution in [-0.2, 0) is 6.42 Å². The minimum absolute atomic E-state index is 0.159. The summed E-state index contributed by atoms with van der Waals surface area (Å²) >= 11 is 0. The first-order valence-corrected chi connectivity index (χ1v) is 9.54. The van der Waals surface area contributed by atoms with Crippen molar-refractivity contribution in [3.05, 3.63) is 101 Å². The number of fused-ring (bicyclic) bond motifs is 1. The fraction of sp³-hybridized carbons (Fsp3) is 0.125. The number of para-hydroxylation sites is 2. The van der Waals surface area contributed by atoms with E-state index in [-0.39, 0.29) is 11.7 Å². The summed E-state index contributed by atoms with van der Waals surface area (Å²) in [5.41, 5.74) is 4.31. The second-order valence-electron chi connectivity index (χ2n) is 6.95. The Balaban J connectivity index is 1.46. The fourth-order valence-electron chi connectivity index (χ4n) is 3.25. The van der Waals surface area contributed by atoms with Crippen molar-refractivity contribution in [3.63, 3.8) is 0 Å². The van der Waals surface area contributed by atoms with Crippen molar-refractivity contribution >= 4 is 22.7 Å². The number of nitrogens with one attached hydrogen (secondary N) is 2. The highest BCUT2D eigenvalue weighted by Gasteiger charge is 2.17. The maximum absolute atomic E-state index is 12.9. The number of aromatic nitrogens is 2. The van der Waals surface area contributed by atoms with E-state index in [1.165, 1.54) is 0 Å². The first-order valence-electron chi connectivity index (χ1n) is 9.54. The van der Waals surface area contributed by atoms with E-state index in [2.05, 4.69) is 15.3 Å². The maximum Gasteiger partial charge on any atom is 0.252 e. The van der Waals surface area contributed by atoms with Gasteiger partial charge in [0.1, 0.15) is 5.82 Å². The molecule has 0 radical (unpaired) electrons. The standard InChI is InChI=1S/C24H21N3O2/c1-16-10-12-17(13-11-16)23(28)18-6-2-3-7-19(18)24(29)25-15-14-22-26-20-8-4-5-9-21(20)27-22/h2-13H,14-15H2,1H3,(H,25,29)(H,26,27). The van der Waals surface area contributed by atoms with Crippen molar-refractivity contribution in [1.29, 1.82) is 0 Å². The Morgan fingerprint density at radius 1 is 0.897 bits per heavy atom. The summed E-state index contributed by atoms with van der Waals surface area (Å²) in [5.74, 6) is 0.390. The lowest BCUT2D eigenvalue weighted by Gasteiger charge is -2.09. The van der Waals surface area contributed by atoms with Crippen molar-refractivity contribution in [2.45, 2.75) is 13.3 Å². The molecule has 0 aliphatic carbocycles. The Morgan fingerprint density at radius 2 is 1.59 bits per heavy atom. The molecule has 5 heteroatoms.